The Morgan fingerprint density at radius 2 is 1.80 bits per heavy atom. The number of nitrogens with one attached hydrogen (secondary N) is 2. The highest BCUT2D eigenvalue weighted by atomic mass is 16.2. The fourth-order valence-electron chi connectivity index (χ4n) is 2.17. The Morgan fingerprint density at radius 1 is 1.20 bits per heavy atom. The molecule has 2 rings (SSSR count). The van der Waals surface area contributed by atoms with E-state index in [1.165, 1.54) is 0 Å². The molecule has 0 saturated heterocycles. The zero-order chi connectivity index (χ0) is 14.9. The average Bonchev–Trinajstić information content (AvgIpc) is 2.53. The van der Waals surface area contributed by atoms with E-state index in [4.69, 9.17) is 5.73 Å². The lowest BCUT2D eigenvalue weighted by atomic mass is 9.79. The van der Waals surface area contributed by atoms with Gasteiger partial charge in [0.25, 0.3) is 0 Å². The van der Waals surface area contributed by atoms with Gasteiger partial charge in [-0.15, -0.1) is 0 Å². The van der Waals surface area contributed by atoms with Crippen LogP contribution < -0.4 is 16.4 Å². The van der Waals surface area contributed by atoms with Crippen LogP contribution in [0.1, 0.15) is 45.2 Å². The Bertz CT molecular complexity index is 552. The molecule has 1 aromatic carbocycles. The Hall–Kier alpha value is -1.88. The van der Waals surface area contributed by atoms with E-state index in [1.807, 2.05) is 12.1 Å². The van der Waals surface area contributed by atoms with Crippen molar-refractivity contribution in [3.8, 4) is 0 Å². The summed E-state index contributed by atoms with van der Waals surface area (Å²) >= 11 is 0. The summed E-state index contributed by atoms with van der Waals surface area (Å²) < 4.78 is 0. The van der Waals surface area contributed by atoms with E-state index in [0.717, 1.165) is 12.0 Å². The van der Waals surface area contributed by atoms with Crippen LogP contribution in [0.5, 0.6) is 0 Å². The zero-order valence-corrected chi connectivity index (χ0v) is 12.1. The summed E-state index contributed by atoms with van der Waals surface area (Å²) in [7, 11) is 0. The van der Waals surface area contributed by atoms with Crippen LogP contribution in [0.15, 0.2) is 18.2 Å². The van der Waals surface area contributed by atoms with Crippen LogP contribution in [0.2, 0.25) is 0 Å². The van der Waals surface area contributed by atoms with Crippen LogP contribution in [-0.2, 0) is 9.59 Å². The molecule has 108 valence electrons. The van der Waals surface area contributed by atoms with Crippen molar-refractivity contribution in [2.45, 2.75) is 39.7 Å². The number of hydrogen-bond acceptors (Lipinski definition) is 3. The average molecular weight is 275 g/mol. The molecule has 0 aromatic heterocycles. The summed E-state index contributed by atoms with van der Waals surface area (Å²) in [6.45, 7) is 6.33. The molecule has 1 aromatic rings. The van der Waals surface area contributed by atoms with Gasteiger partial charge in [-0.2, -0.15) is 0 Å². The lowest BCUT2D eigenvalue weighted by Gasteiger charge is -2.31. The van der Waals surface area contributed by atoms with Gasteiger partial charge < -0.3 is 16.4 Å². The van der Waals surface area contributed by atoms with Gasteiger partial charge in [0.1, 0.15) is 6.42 Å². The maximum absolute atomic E-state index is 11.6. The van der Waals surface area contributed by atoms with E-state index in [2.05, 4.69) is 31.4 Å². The number of fused-ring (bicyclic) bond motifs is 1. The summed E-state index contributed by atoms with van der Waals surface area (Å²) in [4.78, 5) is 23.1. The van der Waals surface area contributed by atoms with E-state index >= 15 is 0 Å². The second kappa shape index (κ2) is 5.25. The normalized spacial score (nSPS) is 16.8. The number of benzene rings is 1. The van der Waals surface area contributed by atoms with E-state index in [1.54, 1.807) is 6.07 Å². The molecule has 4 N–H and O–H groups in total. The molecule has 1 atom stereocenters. The van der Waals surface area contributed by atoms with Crippen molar-refractivity contribution in [3.63, 3.8) is 0 Å². The summed E-state index contributed by atoms with van der Waals surface area (Å²) in [6.07, 6.45) is 0.796. The highest BCUT2D eigenvalue weighted by Crippen LogP contribution is 2.37. The predicted molar refractivity (Wildman–Crippen MR) is 79.3 cm³/mol. The standard InChI is InChI=1S/C15H21N3O2/c1-4-15(2,3)14(16)9-5-6-10-11(7-9)18-13(20)8-12(19)17-10/h5-7,14H,4,8,16H2,1-3H3,(H,17,19)(H,18,20). The van der Waals surface area contributed by atoms with Gasteiger partial charge in [0, 0.05) is 6.04 Å². The van der Waals surface area contributed by atoms with Crippen molar-refractivity contribution < 1.29 is 9.59 Å². The Balaban J connectivity index is 2.37. The van der Waals surface area contributed by atoms with Crippen LogP contribution in [0.3, 0.4) is 0 Å². The molecule has 1 heterocycles. The van der Waals surface area contributed by atoms with Gasteiger partial charge in [-0.3, -0.25) is 9.59 Å². The fraction of sp³-hybridized carbons (Fsp3) is 0.467. The highest BCUT2D eigenvalue weighted by Gasteiger charge is 2.27. The van der Waals surface area contributed by atoms with Gasteiger partial charge >= 0.3 is 0 Å². The summed E-state index contributed by atoms with van der Waals surface area (Å²) in [5.74, 6) is -0.603. The minimum Gasteiger partial charge on any atom is -0.324 e. The lowest BCUT2D eigenvalue weighted by Crippen LogP contribution is -2.28. The second-order valence-corrected chi connectivity index (χ2v) is 5.90. The molecule has 1 aliphatic rings. The first kappa shape index (κ1) is 14.5. The number of hydrogen-bond donors (Lipinski definition) is 3. The van der Waals surface area contributed by atoms with Crippen molar-refractivity contribution in [3.05, 3.63) is 23.8 Å². The second-order valence-electron chi connectivity index (χ2n) is 5.90. The number of rotatable bonds is 3. The minimum atomic E-state index is -0.304. The molecule has 0 radical (unpaired) electrons. The molecular weight excluding hydrogens is 254 g/mol. The van der Waals surface area contributed by atoms with Gasteiger partial charge in [0.2, 0.25) is 11.8 Å². The molecular formula is C15H21N3O2. The Morgan fingerprint density at radius 3 is 2.40 bits per heavy atom. The van der Waals surface area contributed by atoms with Gasteiger partial charge in [0.05, 0.1) is 11.4 Å². The smallest absolute Gasteiger partial charge is 0.233 e. The van der Waals surface area contributed by atoms with E-state index < -0.39 is 0 Å². The molecule has 0 fully saturated rings. The summed E-state index contributed by atoms with van der Waals surface area (Å²) in [6, 6.07) is 5.41. The maximum atomic E-state index is 11.6. The molecule has 0 bridgehead atoms. The van der Waals surface area contributed by atoms with E-state index in [9.17, 15) is 9.59 Å². The van der Waals surface area contributed by atoms with Crippen LogP contribution in [0, 0.1) is 5.41 Å². The monoisotopic (exact) mass is 275 g/mol. The van der Waals surface area contributed by atoms with E-state index in [0.29, 0.717) is 11.4 Å². The molecule has 5 nitrogen and oxygen atoms in total. The molecule has 0 saturated carbocycles. The topological polar surface area (TPSA) is 84.2 Å². The van der Waals surface area contributed by atoms with Crippen LogP contribution >= 0.6 is 0 Å². The van der Waals surface area contributed by atoms with Gasteiger partial charge in [-0.1, -0.05) is 26.8 Å². The summed E-state index contributed by atoms with van der Waals surface area (Å²) in [5, 5.41) is 5.45. The SMILES string of the molecule is CCC(C)(C)C(N)c1ccc2c(c1)NC(=O)CC(=O)N2. The van der Waals surface area contributed by atoms with Crippen LogP contribution in [0.25, 0.3) is 0 Å². The third kappa shape index (κ3) is 2.82. The Kier molecular flexibility index (Phi) is 3.81. The number of carbonyl (C=O) groups excluding carboxylic acids is 2. The Labute approximate surface area is 118 Å². The first-order valence-electron chi connectivity index (χ1n) is 6.82. The first-order chi connectivity index (χ1) is 9.33. The number of carbonyl (C=O) groups is 2. The third-order valence-corrected chi connectivity index (χ3v) is 4.03. The molecule has 1 unspecified atom stereocenters. The quantitative estimate of drug-likeness (QED) is 0.741. The van der Waals surface area contributed by atoms with Crippen molar-refractivity contribution in [2.75, 3.05) is 10.6 Å². The molecule has 0 spiro atoms. The molecule has 20 heavy (non-hydrogen) atoms. The summed E-state index contributed by atoms with van der Waals surface area (Å²) in [5.41, 5.74) is 8.46. The molecule has 1 aliphatic heterocycles. The first-order valence-corrected chi connectivity index (χ1v) is 6.82. The number of nitrogens with two attached hydrogens (primary N) is 1. The molecule has 0 aliphatic carbocycles. The predicted octanol–water partition coefficient (Wildman–Crippen LogP) is 2.40. The van der Waals surface area contributed by atoms with Crippen molar-refractivity contribution >= 4 is 23.2 Å². The van der Waals surface area contributed by atoms with Gasteiger partial charge in [-0.05, 0) is 29.5 Å². The van der Waals surface area contributed by atoms with Crippen molar-refractivity contribution in [2.24, 2.45) is 11.1 Å². The molecule has 2 amide bonds. The lowest BCUT2D eigenvalue weighted by molar-refractivity contribution is -0.123. The van der Waals surface area contributed by atoms with Gasteiger partial charge in [0.15, 0.2) is 0 Å². The maximum Gasteiger partial charge on any atom is 0.233 e. The van der Waals surface area contributed by atoms with Crippen molar-refractivity contribution in [1.82, 2.24) is 0 Å². The van der Waals surface area contributed by atoms with E-state index in [-0.39, 0.29) is 29.7 Å². The third-order valence-electron chi connectivity index (χ3n) is 4.03. The zero-order valence-electron chi connectivity index (χ0n) is 12.1. The van der Waals surface area contributed by atoms with Crippen LogP contribution in [-0.4, -0.2) is 11.8 Å². The van der Waals surface area contributed by atoms with Crippen molar-refractivity contribution in [1.29, 1.82) is 0 Å². The highest BCUT2D eigenvalue weighted by molar-refractivity contribution is 6.13. The number of anilines is 2. The fourth-order valence-corrected chi connectivity index (χ4v) is 2.17. The van der Waals surface area contributed by atoms with Gasteiger partial charge in [-0.25, -0.2) is 0 Å². The minimum absolute atomic E-state index is 0.0355. The molecule has 5 heteroatoms. The van der Waals surface area contributed by atoms with Crippen LogP contribution in [0.4, 0.5) is 11.4 Å². The largest absolute Gasteiger partial charge is 0.324 e. The number of amides is 2.